The summed E-state index contributed by atoms with van der Waals surface area (Å²) in [6.45, 7) is 7.06. The zero-order valence-electron chi connectivity index (χ0n) is 12.8. The van der Waals surface area contributed by atoms with Gasteiger partial charge >= 0.3 is 0 Å². The fourth-order valence-corrected chi connectivity index (χ4v) is 2.73. The van der Waals surface area contributed by atoms with Crippen molar-refractivity contribution in [3.63, 3.8) is 0 Å². The van der Waals surface area contributed by atoms with Crippen molar-refractivity contribution >= 4 is 5.95 Å². The van der Waals surface area contributed by atoms with Crippen LogP contribution >= 0.6 is 0 Å². The Labute approximate surface area is 126 Å². The average molecular weight is 289 g/mol. The van der Waals surface area contributed by atoms with Crippen molar-refractivity contribution in [1.82, 2.24) is 14.9 Å². The van der Waals surface area contributed by atoms with Crippen LogP contribution in [-0.4, -0.2) is 60.8 Å². The molecular formula is C15H23N5O. The lowest BCUT2D eigenvalue weighted by Crippen LogP contribution is -2.40. The summed E-state index contributed by atoms with van der Waals surface area (Å²) in [5, 5.41) is 8.97. The number of methoxy groups -OCH3 is 1. The van der Waals surface area contributed by atoms with Gasteiger partial charge in [-0.05, 0) is 32.4 Å². The molecule has 1 aromatic heterocycles. The third-order valence-electron chi connectivity index (χ3n) is 3.76. The van der Waals surface area contributed by atoms with Crippen molar-refractivity contribution in [2.75, 3.05) is 44.8 Å². The van der Waals surface area contributed by atoms with E-state index >= 15 is 0 Å². The van der Waals surface area contributed by atoms with Crippen LogP contribution in [-0.2, 0) is 4.74 Å². The number of nitrogens with zero attached hydrogens (tertiary/aromatic N) is 5. The number of nitriles is 1. The smallest absolute Gasteiger partial charge is 0.226 e. The van der Waals surface area contributed by atoms with Gasteiger partial charge in [-0.1, -0.05) is 0 Å². The highest BCUT2D eigenvalue weighted by molar-refractivity contribution is 5.35. The molecule has 0 N–H and O–H groups in total. The van der Waals surface area contributed by atoms with Gasteiger partial charge in [0, 0.05) is 45.6 Å². The first-order chi connectivity index (χ1) is 10.2. The quantitative estimate of drug-likeness (QED) is 0.761. The molecule has 1 aliphatic heterocycles. The van der Waals surface area contributed by atoms with Gasteiger partial charge in [-0.25, -0.2) is 9.97 Å². The van der Waals surface area contributed by atoms with Crippen molar-refractivity contribution < 1.29 is 4.74 Å². The van der Waals surface area contributed by atoms with Gasteiger partial charge in [-0.2, -0.15) is 5.26 Å². The molecule has 1 fully saturated rings. The second-order valence-electron chi connectivity index (χ2n) is 5.40. The fraction of sp³-hybridized carbons (Fsp3) is 0.667. The molecule has 1 atom stereocenters. The average Bonchev–Trinajstić information content (AvgIpc) is 2.69. The third-order valence-corrected chi connectivity index (χ3v) is 3.76. The van der Waals surface area contributed by atoms with Crippen molar-refractivity contribution in [1.29, 1.82) is 5.26 Å². The summed E-state index contributed by atoms with van der Waals surface area (Å²) in [4.78, 5) is 13.3. The van der Waals surface area contributed by atoms with E-state index in [1.807, 2.05) is 0 Å². The number of ether oxygens (including phenoxy) is 1. The summed E-state index contributed by atoms with van der Waals surface area (Å²) < 4.78 is 5.12. The van der Waals surface area contributed by atoms with E-state index in [2.05, 4.69) is 32.8 Å². The maximum absolute atomic E-state index is 8.97. The number of hydrogen-bond acceptors (Lipinski definition) is 6. The molecule has 0 aliphatic carbocycles. The van der Waals surface area contributed by atoms with Crippen LogP contribution in [0.5, 0.6) is 0 Å². The molecule has 21 heavy (non-hydrogen) atoms. The van der Waals surface area contributed by atoms with Gasteiger partial charge in [0.25, 0.3) is 0 Å². The second-order valence-corrected chi connectivity index (χ2v) is 5.40. The van der Waals surface area contributed by atoms with E-state index in [1.54, 1.807) is 19.4 Å². The summed E-state index contributed by atoms with van der Waals surface area (Å²) in [6, 6.07) is 4.06. The van der Waals surface area contributed by atoms with Crippen LogP contribution in [0.4, 0.5) is 5.95 Å². The Morgan fingerprint density at radius 1 is 1.48 bits per heavy atom. The van der Waals surface area contributed by atoms with E-state index in [9.17, 15) is 0 Å². The zero-order chi connectivity index (χ0) is 15.1. The lowest BCUT2D eigenvalue weighted by atomic mass is 10.2. The minimum absolute atomic E-state index is 0.337. The Morgan fingerprint density at radius 2 is 2.33 bits per heavy atom. The molecule has 2 heterocycles. The van der Waals surface area contributed by atoms with Gasteiger partial charge in [0.2, 0.25) is 5.95 Å². The Bertz CT molecular complexity index is 487. The van der Waals surface area contributed by atoms with E-state index in [0.29, 0.717) is 17.7 Å². The van der Waals surface area contributed by atoms with Crippen molar-refractivity contribution in [2.24, 2.45) is 0 Å². The minimum atomic E-state index is 0.337. The van der Waals surface area contributed by atoms with Crippen LogP contribution < -0.4 is 4.90 Å². The highest BCUT2D eigenvalue weighted by Crippen LogP contribution is 2.16. The predicted molar refractivity (Wildman–Crippen MR) is 81.1 cm³/mol. The number of hydrogen-bond donors (Lipinski definition) is 0. The maximum Gasteiger partial charge on any atom is 0.226 e. The molecule has 0 saturated carbocycles. The first-order valence-electron chi connectivity index (χ1n) is 7.45. The summed E-state index contributed by atoms with van der Waals surface area (Å²) in [5.41, 5.74) is 0.424. The summed E-state index contributed by atoms with van der Waals surface area (Å²) >= 11 is 0. The van der Waals surface area contributed by atoms with Crippen LogP contribution in [0.1, 0.15) is 25.5 Å². The predicted octanol–water partition coefficient (Wildman–Crippen LogP) is 1.29. The molecule has 0 aromatic carbocycles. The monoisotopic (exact) mass is 289 g/mol. The van der Waals surface area contributed by atoms with E-state index < -0.39 is 0 Å². The van der Waals surface area contributed by atoms with Crippen LogP contribution in [0.3, 0.4) is 0 Å². The Hall–Kier alpha value is -1.71. The Balaban J connectivity index is 2.00. The SMILES string of the molecule is COCCCN1CCCN(c2nccc(C#N)n2)[C@@H](C)C1. The fourth-order valence-electron chi connectivity index (χ4n) is 2.73. The molecule has 1 aliphatic rings. The second kappa shape index (κ2) is 7.91. The summed E-state index contributed by atoms with van der Waals surface area (Å²) in [7, 11) is 1.74. The van der Waals surface area contributed by atoms with Gasteiger partial charge in [-0.3, -0.25) is 0 Å². The van der Waals surface area contributed by atoms with Crippen molar-refractivity contribution in [2.45, 2.75) is 25.8 Å². The molecule has 0 amide bonds. The largest absolute Gasteiger partial charge is 0.385 e. The lowest BCUT2D eigenvalue weighted by Gasteiger charge is -2.29. The Kier molecular flexibility index (Phi) is 5.90. The molecule has 0 bridgehead atoms. The van der Waals surface area contributed by atoms with Gasteiger partial charge in [-0.15, -0.1) is 0 Å². The summed E-state index contributed by atoms with van der Waals surface area (Å²) in [5.74, 6) is 0.667. The molecule has 1 aromatic rings. The summed E-state index contributed by atoms with van der Waals surface area (Å²) in [6.07, 6.45) is 3.80. The normalized spacial score (nSPS) is 20.0. The van der Waals surface area contributed by atoms with Crippen molar-refractivity contribution in [3.05, 3.63) is 18.0 Å². The number of rotatable bonds is 5. The first-order valence-corrected chi connectivity index (χ1v) is 7.45. The maximum atomic E-state index is 8.97. The standard InChI is InChI=1S/C15H23N5O/c1-13-12-19(8-4-10-21-2)7-3-9-20(13)15-17-6-5-14(11-16)18-15/h5-6,13H,3-4,7-10,12H2,1-2H3/t13-/m0/s1. The Morgan fingerprint density at radius 3 is 3.10 bits per heavy atom. The van der Waals surface area contributed by atoms with Gasteiger partial charge in [0.1, 0.15) is 11.8 Å². The molecular weight excluding hydrogens is 266 g/mol. The van der Waals surface area contributed by atoms with Gasteiger partial charge in [0.05, 0.1) is 0 Å². The van der Waals surface area contributed by atoms with E-state index in [-0.39, 0.29) is 0 Å². The van der Waals surface area contributed by atoms with E-state index in [0.717, 1.165) is 45.6 Å². The first kappa shape index (κ1) is 15.7. The van der Waals surface area contributed by atoms with E-state index in [4.69, 9.17) is 10.00 Å². The lowest BCUT2D eigenvalue weighted by molar-refractivity contribution is 0.172. The van der Waals surface area contributed by atoms with Crippen LogP contribution in [0, 0.1) is 11.3 Å². The molecule has 6 nitrogen and oxygen atoms in total. The molecule has 114 valence electrons. The highest BCUT2D eigenvalue weighted by atomic mass is 16.5. The van der Waals surface area contributed by atoms with Crippen LogP contribution in [0.25, 0.3) is 0 Å². The number of anilines is 1. The molecule has 0 radical (unpaired) electrons. The van der Waals surface area contributed by atoms with Crippen molar-refractivity contribution in [3.8, 4) is 6.07 Å². The molecule has 6 heteroatoms. The molecule has 0 unspecified atom stereocenters. The third kappa shape index (κ3) is 4.38. The van der Waals surface area contributed by atoms with Crippen LogP contribution in [0.15, 0.2) is 12.3 Å². The minimum Gasteiger partial charge on any atom is -0.385 e. The van der Waals surface area contributed by atoms with Gasteiger partial charge < -0.3 is 14.5 Å². The molecule has 0 spiro atoms. The topological polar surface area (TPSA) is 65.3 Å². The van der Waals surface area contributed by atoms with Crippen LogP contribution in [0.2, 0.25) is 0 Å². The highest BCUT2D eigenvalue weighted by Gasteiger charge is 2.23. The molecule has 2 rings (SSSR count). The van der Waals surface area contributed by atoms with Gasteiger partial charge in [0.15, 0.2) is 0 Å². The molecule has 1 saturated heterocycles. The zero-order valence-corrected chi connectivity index (χ0v) is 12.8. The van der Waals surface area contributed by atoms with E-state index in [1.165, 1.54) is 0 Å². The number of aromatic nitrogens is 2.